The van der Waals surface area contributed by atoms with Gasteiger partial charge < -0.3 is 4.90 Å². The summed E-state index contributed by atoms with van der Waals surface area (Å²) in [5.74, 6) is 0.528. The zero-order valence-corrected chi connectivity index (χ0v) is 14.8. The fourth-order valence-corrected chi connectivity index (χ4v) is 3.27. The Kier molecular flexibility index (Phi) is 4.78. The van der Waals surface area contributed by atoms with Gasteiger partial charge in [-0.3, -0.25) is 9.36 Å². The molecule has 3 rings (SSSR count). The quantitative estimate of drug-likeness (QED) is 0.759. The zero-order valence-electron chi connectivity index (χ0n) is 14.1. The van der Waals surface area contributed by atoms with Gasteiger partial charge in [0.1, 0.15) is 10.8 Å². The van der Waals surface area contributed by atoms with Crippen LogP contribution in [0, 0.1) is 18.3 Å². The van der Waals surface area contributed by atoms with Crippen LogP contribution in [0.3, 0.4) is 0 Å². The van der Waals surface area contributed by atoms with E-state index in [0.717, 1.165) is 25.9 Å². The van der Waals surface area contributed by atoms with Crippen LogP contribution in [0.1, 0.15) is 19.8 Å². The molecule has 1 saturated heterocycles. The van der Waals surface area contributed by atoms with Gasteiger partial charge in [-0.1, -0.05) is 30.7 Å². The van der Waals surface area contributed by atoms with Gasteiger partial charge in [-0.05, 0) is 24.8 Å². The summed E-state index contributed by atoms with van der Waals surface area (Å²) in [6.07, 6.45) is 2.06. The Bertz CT molecular complexity index is 911. The van der Waals surface area contributed by atoms with Crippen molar-refractivity contribution in [3.8, 4) is 11.3 Å². The van der Waals surface area contributed by atoms with Gasteiger partial charge >= 0.3 is 0 Å². The lowest BCUT2D eigenvalue weighted by atomic mass is 9.99. The van der Waals surface area contributed by atoms with Crippen molar-refractivity contribution in [2.24, 2.45) is 13.0 Å². The largest absolute Gasteiger partial charge is 0.342 e. The first-order valence-electron chi connectivity index (χ1n) is 8.11. The molecule has 1 aromatic carbocycles. The summed E-state index contributed by atoms with van der Waals surface area (Å²) in [5, 5.41) is -0.0495. The summed E-state index contributed by atoms with van der Waals surface area (Å²) >= 11 is 6.20. The van der Waals surface area contributed by atoms with Crippen LogP contribution in [0.15, 0.2) is 23.0 Å². The van der Waals surface area contributed by atoms with Crippen LogP contribution in [-0.2, 0) is 7.05 Å². The highest BCUT2D eigenvalue weighted by atomic mass is 35.5. The van der Waals surface area contributed by atoms with E-state index in [-0.39, 0.29) is 22.0 Å². The Morgan fingerprint density at radius 1 is 1.36 bits per heavy atom. The average Bonchev–Trinajstić information content (AvgIpc) is 2.61. The highest BCUT2D eigenvalue weighted by Gasteiger charge is 2.22. The van der Waals surface area contributed by atoms with E-state index in [9.17, 15) is 9.18 Å². The number of piperidine rings is 1. The van der Waals surface area contributed by atoms with Crippen LogP contribution in [0.2, 0.25) is 5.02 Å². The SMILES string of the molecule is [C-]#[N+]c1ccc(-c2nc(N3CCC(C)CC3)n(C)c(=O)c2Cl)cc1F. The van der Waals surface area contributed by atoms with Crippen LogP contribution in [0.5, 0.6) is 0 Å². The van der Waals surface area contributed by atoms with E-state index in [0.29, 0.717) is 17.4 Å². The fourth-order valence-electron chi connectivity index (χ4n) is 2.99. The maximum atomic E-state index is 14.0. The molecule has 0 atom stereocenters. The van der Waals surface area contributed by atoms with Crippen molar-refractivity contribution >= 4 is 23.2 Å². The van der Waals surface area contributed by atoms with Crippen LogP contribution >= 0.6 is 11.6 Å². The predicted molar refractivity (Wildman–Crippen MR) is 96.8 cm³/mol. The van der Waals surface area contributed by atoms with Crippen molar-refractivity contribution in [1.82, 2.24) is 9.55 Å². The Morgan fingerprint density at radius 2 is 2.04 bits per heavy atom. The molecule has 2 aromatic rings. The smallest absolute Gasteiger partial charge is 0.274 e. The van der Waals surface area contributed by atoms with Crippen molar-refractivity contribution in [3.63, 3.8) is 0 Å². The molecule has 7 heteroatoms. The number of rotatable bonds is 2. The molecule has 2 heterocycles. The first-order chi connectivity index (χ1) is 11.9. The lowest BCUT2D eigenvalue weighted by Crippen LogP contribution is -2.37. The molecular weight excluding hydrogens is 343 g/mol. The van der Waals surface area contributed by atoms with Gasteiger partial charge in [0.15, 0.2) is 0 Å². The second-order valence-electron chi connectivity index (χ2n) is 6.39. The van der Waals surface area contributed by atoms with Crippen LogP contribution in [0.4, 0.5) is 16.0 Å². The summed E-state index contributed by atoms with van der Waals surface area (Å²) in [4.78, 5) is 22.2. The van der Waals surface area contributed by atoms with Crippen LogP contribution < -0.4 is 10.5 Å². The molecular formula is C18H18ClFN4O. The molecule has 5 nitrogen and oxygen atoms in total. The zero-order chi connectivity index (χ0) is 18.1. The molecule has 25 heavy (non-hydrogen) atoms. The number of hydrogen-bond donors (Lipinski definition) is 0. The lowest BCUT2D eigenvalue weighted by molar-refractivity contribution is 0.431. The summed E-state index contributed by atoms with van der Waals surface area (Å²) in [5.41, 5.74) is 0.192. The third-order valence-electron chi connectivity index (χ3n) is 4.62. The Hall–Kier alpha value is -2.39. The molecule has 0 N–H and O–H groups in total. The molecule has 130 valence electrons. The van der Waals surface area contributed by atoms with E-state index in [1.54, 1.807) is 13.1 Å². The number of hydrogen-bond acceptors (Lipinski definition) is 3. The molecule has 0 spiro atoms. The van der Waals surface area contributed by atoms with Gasteiger partial charge in [0.05, 0.1) is 12.3 Å². The number of halogens is 2. The van der Waals surface area contributed by atoms with E-state index in [1.165, 1.54) is 16.7 Å². The van der Waals surface area contributed by atoms with E-state index in [2.05, 4.69) is 21.7 Å². The summed E-state index contributed by atoms with van der Waals surface area (Å²) in [6.45, 7) is 10.8. The van der Waals surface area contributed by atoms with Gasteiger partial charge in [-0.25, -0.2) is 14.2 Å². The fraction of sp³-hybridized carbons (Fsp3) is 0.389. The molecule has 1 aliphatic heterocycles. The molecule has 0 bridgehead atoms. The van der Waals surface area contributed by atoms with Crippen LogP contribution in [0.25, 0.3) is 16.1 Å². The Balaban J connectivity index is 2.10. The minimum Gasteiger partial charge on any atom is -0.342 e. The van der Waals surface area contributed by atoms with E-state index >= 15 is 0 Å². The van der Waals surface area contributed by atoms with Crippen molar-refractivity contribution in [2.45, 2.75) is 19.8 Å². The van der Waals surface area contributed by atoms with Gasteiger partial charge in [0.2, 0.25) is 11.6 Å². The van der Waals surface area contributed by atoms with Gasteiger partial charge in [-0.2, -0.15) is 0 Å². The first kappa shape index (κ1) is 17.4. The van der Waals surface area contributed by atoms with Crippen LogP contribution in [-0.4, -0.2) is 22.6 Å². The molecule has 1 aromatic heterocycles. The van der Waals surface area contributed by atoms with Crippen molar-refractivity contribution in [1.29, 1.82) is 0 Å². The number of benzene rings is 1. The third-order valence-corrected chi connectivity index (χ3v) is 4.96. The van der Waals surface area contributed by atoms with Crippen molar-refractivity contribution < 1.29 is 4.39 Å². The van der Waals surface area contributed by atoms with Gasteiger partial charge in [0.25, 0.3) is 5.56 Å². The number of aromatic nitrogens is 2. The van der Waals surface area contributed by atoms with Gasteiger partial charge in [0, 0.05) is 25.7 Å². The first-order valence-corrected chi connectivity index (χ1v) is 8.49. The minimum absolute atomic E-state index is 0.0495. The third kappa shape index (κ3) is 3.24. The minimum atomic E-state index is -0.653. The Morgan fingerprint density at radius 3 is 2.64 bits per heavy atom. The number of nitrogens with zero attached hydrogens (tertiary/aromatic N) is 4. The monoisotopic (exact) mass is 360 g/mol. The molecule has 0 radical (unpaired) electrons. The summed E-state index contributed by atoms with van der Waals surface area (Å²) in [7, 11) is 1.64. The topological polar surface area (TPSA) is 42.5 Å². The predicted octanol–water partition coefficient (Wildman–Crippen LogP) is 4.03. The molecule has 1 fully saturated rings. The van der Waals surface area contributed by atoms with E-state index in [4.69, 9.17) is 18.2 Å². The summed E-state index contributed by atoms with van der Waals surface area (Å²) < 4.78 is 15.4. The number of anilines is 1. The highest BCUT2D eigenvalue weighted by Crippen LogP contribution is 2.30. The lowest BCUT2D eigenvalue weighted by Gasteiger charge is -2.32. The molecule has 0 unspecified atom stereocenters. The van der Waals surface area contributed by atoms with Crippen molar-refractivity contribution in [2.75, 3.05) is 18.0 Å². The average molecular weight is 361 g/mol. The van der Waals surface area contributed by atoms with E-state index < -0.39 is 5.82 Å². The van der Waals surface area contributed by atoms with E-state index in [1.807, 2.05) is 0 Å². The Labute approximate surface area is 150 Å². The maximum Gasteiger partial charge on any atom is 0.274 e. The van der Waals surface area contributed by atoms with Crippen molar-refractivity contribution in [3.05, 3.63) is 50.8 Å². The molecule has 0 aliphatic carbocycles. The summed E-state index contributed by atoms with van der Waals surface area (Å²) in [6, 6.07) is 4.13. The van der Waals surface area contributed by atoms with Gasteiger partial charge in [-0.15, -0.1) is 0 Å². The standard InChI is InChI=1S/C18H18ClFN4O/c1-11-6-8-24(9-7-11)18-22-16(15(19)17(25)23(18)3)12-4-5-14(21-2)13(20)10-12/h4-5,10-11H,6-9H2,1,3H3. The highest BCUT2D eigenvalue weighted by molar-refractivity contribution is 6.32. The normalized spacial score (nSPS) is 15.2. The second kappa shape index (κ2) is 6.85. The second-order valence-corrected chi connectivity index (χ2v) is 6.76. The molecule has 1 aliphatic rings. The molecule has 0 amide bonds. The molecule has 0 saturated carbocycles. The maximum absolute atomic E-state index is 14.0.